The zero-order chi connectivity index (χ0) is 14.4. The normalized spacial score (nSPS) is 10.1. The molecule has 0 radical (unpaired) electrons. The number of nitrogens with zero attached hydrogens (tertiary/aromatic N) is 1. The Bertz CT molecular complexity index is 585. The summed E-state index contributed by atoms with van der Waals surface area (Å²) in [6.07, 6.45) is 4.29. The number of anilines is 1. The molecule has 1 aromatic heterocycles. The summed E-state index contributed by atoms with van der Waals surface area (Å²) >= 11 is 0. The molecule has 0 fully saturated rings. The topological polar surface area (TPSA) is 71.5 Å². The van der Waals surface area contributed by atoms with Crippen molar-refractivity contribution in [1.82, 2.24) is 4.98 Å². The van der Waals surface area contributed by atoms with Crippen molar-refractivity contribution < 1.29 is 14.6 Å². The van der Waals surface area contributed by atoms with Crippen LogP contribution in [0, 0.1) is 0 Å². The lowest BCUT2D eigenvalue weighted by Crippen LogP contribution is -2.09. The molecule has 1 aromatic carbocycles. The number of carboxylic acids is 1. The van der Waals surface area contributed by atoms with Crippen molar-refractivity contribution in [2.24, 2.45) is 0 Å². The number of benzene rings is 1. The van der Waals surface area contributed by atoms with E-state index in [2.05, 4.69) is 10.3 Å². The lowest BCUT2D eigenvalue weighted by Gasteiger charge is -2.11. The smallest absolute Gasteiger partial charge is 0.337 e. The van der Waals surface area contributed by atoms with Crippen molar-refractivity contribution >= 4 is 11.7 Å². The van der Waals surface area contributed by atoms with Crippen molar-refractivity contribution in [3.63, 3.8) is 0 Å². The second-order valence-electron chi connectivity index (χ2n) is 4.25. The largest absolute Gasteiger partial charge is 0.497 e. The van der Waals surface area contributed by atoms with Crippen LogP contribution in [0.25, 0.3) is 0 Å². The summed E-state index contributed by atoms with van der Waals surface area (Å²) in [5.74, 6) is -0.338. The first-order valence-corrected chi connectivity index (χ1v) is 6.25. The highest BCUT2D eigenvalue weighted by atomic mass is 16.5. The van der Waals surface area contributed by atoms with Gasteiger partial charge in [0, 0.05) is 25.0 Å². The van der Waals surface area contributed by atoms with E-state index in [1.165, 1.54) is 6.07 Å². The van der Waals surface area contributed by atoms with Crippen LogP contribution in [0.5, 0.6) is 5.75 Å². The molecular weight excluding hydrogens is 256 g/mol. The van der Waals surface area contributed by atoms with E-state index in [9.17, 15) is 4.79 Å². The van der Waals surface area contributed by atoms with Gasteiger partial charge < -0.3 is 15.2 Å². The highest BCUT2D eigenvalue weighted by Gasteiger charge is 2.10. The van der Waals surface area contributed by atoms with Crippen LogP contribution in [-0.2, 0) is 6.42 Å². The molecule has 2 rings (SSSR count). The second kappa shape index (κ2) is 6.56. The summed E-state index contributed by atoms with van der Waals surface area (Å²) in [5, 5.41) is 12.3. The van der Waals surface area contributed by atoms with Crippen LogP contribution in [0.1, 0.15) is 15.9 Å². The summed E-state index contributed by atoms with van der Waals surface area (Å²) in [7, 11) is 1.55. The van der Waals surface area contributed by atoms with Crippen LogP contribution in [0.2, 0.25) is 0 Å². The molecule has 0 spiro atoms. The minimum atomic E-state index is -0.962. The van der Waals surface area contributed by atoms with E-state index >= 15 is 0 Å². The molecule has 0 saturated heterocycles. The Morgan fingerprint density at radius 2 is 2.25 bits per heavy atom. The third-order valence-electron chi connectivity index (χ3n) is 2.91. The van der Waals surface area contributed by atoms with E-state index in [0.717, 1.165) is 12.0 Å². The maximum absolute atomic E-state index is 11.2. The molecule has 0 aliphatic heterocycles. The maximum atomic E-state index is 11.2. The Kier molecular flexibility index (Phi) is 4.55. The van der Waals surface area contributed by atoms with E-state index < -0.39 is 5.97 Å². The standard InChI is InChI=1S/C15H16N2O3/c1-20-12-4-5-13(15(18)19)14(9-12)17-8-6-11-3-2-7-16-10-11/h2-5,7,9-10,17H,6,8H2,1H3,(H,18,19). The average Bonchev–Trinajstić information content (AvgIpc) is 2.48. The van der Waals surface area contributed by atoms with Gasteiger partial charge in [0.15, 0.2) is 0 Å². The molecule has 1 heterocycles. The lowest BCUT2D eigenvalue weighted by atomic mass is 10.1. The first-order chi connectivity index (χ1) is 9.70. The van der Waals surface area contributed by atoms with Gasteiger partial charge in [0.25, 0.3) is 0 Å². The quantitative estimate of drug-likeness (QED) is 0.845. The number of carboxylic acid groups (broad SMARTS) is 1. The predicted octanol–water partition coefficient (Wildman–Crippen LogP) is 2.44. The molecule has 104 valence electrons. The molecule has 0 aliphatic rings. The van der Waals surface area contributed by atoms with Crippen LogP contribution in [-0.4, -0.2) is 29.7 Å². The fourth-order valence-corrected chi connectivity index (χ4v) is 1.87. The highest BCUT2D eigenvalue weighted by molar-refractivity contribution is 5.94. The SMILES string of the molecule is COc1ccc(C(=O)O)c(NCCc2cccnc2)c1. The number of aromatic carboxylic acids is 1. The Hall–Kier alpha value is -2.56. The van der Waals surface area contributed by atoms with Crippen molar-refractivity contribution in [3.8, 4) is 5.75 Å². The molecule has 20 heavy (non-hydrogen) atoms. The molecule has 0 amide bonds. The number of pyridine rings is 1. The Balaban J connectivity index is 2.06. The lowest BCUT2D eigenvalue weighted by molar-refractivity contribution is 0.0698. The number of carbonyl (C=O) groups is 1. The zero-order valence-electron chi connectivity index (χ0n) is 11.2. The van der Waals surface area contributed by atoms with E-state index in [-0.39, 0.29) is 5.56 Å². The van der Waals surface area contributed by atoms with Crippen LogP contribution in [0.4, 0.5) is 5.69 Å². The number of rotatable bonds is 6. The molecule has 2 N–H and O–H groups in total. The summed E-state index contributed by atoms with van der Waals surface area (Å²) in [6.45, 7) is 0.624. The van der Waals surface area contributed by atoms with Crippen LogP contribution in [0.3, 0.4) is 0 Å². The van der Waals surface area contributed by atoms with Crippen molar-refractivity contribution in [2.75, 3.05) is 19.0 Å². The van der Waals surface area contributed by atoms with Gasteiger partial charge in [-0.2, -0.15) is 0 Å². The number of ether oxygens (including phenoxy) is 1. The molecule has 0 unspecified atom stereocenters. The third-order valence-corrected chi connectivity index (χ3v) is 2.91. The first kappa shape index (κ1) is 13.9. The van der Waals surface area contributed by atoms with Gasteiger partial charge >= 0.3 is 5.97 Å². The van der Waals surface area contributed by atoms with E-state index in [1.807, 2.05) is 12.1 Å². The van der Waals surface area contributed by atoms with Gasteiger partial charge in [0.1, 0.15) is 5.75 Å². The molecular formula is C15H16N2O3. The molecule has 0 aliphatic carbocycles. The molecule has 2 aromatic rings. The number of methoxy groups -OCH3 is 1. The summed E-state index contributed by atoms with van der Waals surface area (Å²) in [4.78, 5) is 15.2. The fourth-order valence-electron chi connectivity index (χ4n) is 1.87. The highest BCUT2D eigenvalue weighted by Crippen LogP contribution is 2.22. The van der Waals surface area contributed by atoms with Gasteiger partial charge in [0.05, 0.1) is 18.4 Å². The van der Waals surface area contributed by atoms with Gasteiger partial charge in [-0.25, -0.2) is 4.79 Å². The van der Waals surface area contributed by atoms with E-state index in [0.29, 0.717) is 18.0 Å². The van der Waals surface area contributed by atoms with Crippen LogP contribution < -0.4 is 10.1 Å². The van der Waals surface area contributed by atoms with E-state index in [1.54, 1.807) is 31.6 Å². The Morgan fingerprint density at radius 3 is 2.90 bits per heavy atom. The number of nitrogens with one attached hydrogen (secondary N) is 1. The van der Waals surface area contributed by atoms with Crippen molar-refractivity contribution in [1.29, 1.82) is 0 Å². The zero-order valence-corrected chi connectivity index (χ0v) is 11.2. The summed E-state index contributed by atoms with van der Waals surface area (Å²) in [6, 6.07) is 8.72. The van der Waals surface area contributed by atoms with Gasteiger partial charge in [-0.3, -0.25) is 4.98 Å². The van der Waals surface area contributed by atoms with Crippen LogP contribution >= 0.6 is 0 Å². The molecule has 0 saturated carbocycles. The Morgan fingerprint density at radius 1 is 1.40 bits per heavy atom. The number of hydrogen-bond donors (Lipinski definition) is 2. The summed E-state index contributed by atoms with van der Waals surface area (Å²) in [5.41, 5.74) is 1.89. The predicted molar refractivity (Wildman–Crippen MR) is 76.4 cm³/mol. The van der Waals surface area contributed by atoms with Gasteiger partial charge in [-0.1, -0.05) is 6.07 Å². The van der Waals surface area contributed by atoms with Gasteiger partial charge in [-0.05, 0) is 30.2 Å². The third kappa shape index (κ3) is 3.47. The molecule has 0 bridgehead atoms. The molecule has 0 atom stereocenters. The summed E-state index contributed by atoms with van der Waals surface area (Å²) < 4.78 is 5.11. The maximum Gasteiger partial charge on any atom is 0.337 e. The fraction of sp³-hybridized carbons (Fsp3) is 0.200. The molecule has 5 heteroatoms. The van der Waals surface area contributed by atoms with Gasteiger partial charge in [0.2, 0.25) is 0 Å². The van der Waals surface area contributed by atoms with Crippen molar-refractivity contribution in [3.05, 3.63) is 53.9 Å². The number of hydrogen-bond acceptors (Lipinski definition) is 4. The van der Waals surface area contributed by atoms with Crippen molar-refractivity contribution in [2.45, 2.75) is 6.42 Å². The minimum Gasteiger partial charge on any atom is -0.497 e. The van der Waals surface area contributed by atoms with E-state index in [4.69, 9.17) is 9.84 Å². The minimum absolute atomic E-state index is 0.233. The van der Waals surface area contributed by atoms with Gasteiger partial charge in [-0.15, -0.1) is 0 Å². The first-order valence-electron chi connectivity index (χ1n) is 6.25. The Labute approximate surface area is 117 Å². The van der Waals surface area contributed by atoms with Crippen LogP contribution in [0.15, 0.2) is 42.7 Å². The number of aromatic nitrogens is 1. The second-order valence-corrected chi connectivity index (χ2v) is 4.25. The average molecular weight is 272 g/mol. The molecule has 5 nitrogen and oxygen atoms in total. The monoisotopic (exact) mass is 272 g/mol.